The van der Waals surface area contributed by atoms with Crippen molar-refractivity contribution in [1.29, 1.82) is 0 Å². The summed E-state index contributed by atoms with van der Waals surface area (Å²) in [5, 5.41) is 13.4. The van der Waals surface area contributed by atoms with Gasteiger partial charge in [-0.2, -0.15) is 5.10 Å². The van der Waals surface area contributed by atoms with E-state index in [1.54, 1.807) is 6.92 Å². The number of allylic oxidation sites excluding steroid dienone is 1. The highest BCUT2D eigenvalue weighted by molar-refractivity contribution is 5.95. The first-order valence-corrected chi connectivity index (χ1v) is 5.35. The zero-order valence-corrected chi connectivity index (χ0v) is 10.5. The van der Waals surface area contributed by atoms with Crippen LogP contribution in [0.25, 0.3) is 5.57 Å². The highest BCUT2D eigenvalue weighted by atomic mass is 16.4. The molecule has 1 rings (SSSR count). The van der Waals surface area contributed by atoms with Crippen molar-refractivity contribution < 1.29 is 9.90 Å². The molecule has 0 amide bonds. The van der Waals surface area contributed by atoms with Crippen LogP contribution >= 0.6 is 0 Å². The van der Waals surface area contributed by atoms with Crippen molar-refractivity contribution in [3.05, 3.63) is 22.5 Å². The molecule has 0 aliphatic heterocycles. The molecule has 0 atom stereocenters. The minimum atomic E-state index is -0.874. The zero-order valence-electron chi connectivity index (χ0n) is 10.5. The Labute approximate surface area is 95.6 Å². The lowest BCUT2D eigenvalue weighted by Gasteiger charge is -2.05. The molecule has 16 heavy (non-hydrogen) atoms. The number of rotatable bonds is 3. The van der Waals surface area contributed by atoms with Crippen molar-refractivity contribution in [2.45, 2.75) is 41.2 Å². The molecule has 88 valence electrons. The lowest BCUT2D eigenvalue weighted by Crippen LogP contribution is -2.01. The molecule has 0 saturated heterocycles. The van der Waals surface area contributed by atoms with Crippen LogP contribution in [0.5, 0.6) is 0 Å². The van der Waals surface area contributed by atoms with E-state index in [4.69, 9.17) is 5.11 Å². The summed E-state index contributed by atoms with van der Waals surface area (Å²) < 4.78 is 1.89. The van der Waals surface area contributed by atoms with E-state index in [1.165, 1.54) is 0 Å². The molecule has 1 aromatic rings. The summed E-state index contributed by atoms with van der Waals surface area (Å²) in [5.74, 6) is -0.874. The largest absolute Gasteiger partial charge is 0.478 e. The van der Waals surface area contributed by atoms with Crippen LogP contribution in [-0.2, 0) is 11.3 Å². The number of aromatic nitrogens is 2. The van der Waals surface area contributed by atoms with Crippen LogP contribution < -0.4 is 0 Å². The Morgan fingerprint density at radius 3 is 2.31 bits per heavy atom. The normalized spacial score (nSPS) is 12.6. The predicted molar refractivity (Wildman–Crippen MR) is 63.3 cm³/mol. The van der Waals surface area contributed by atoms with Gasteiger partial charge in [0.25, 0.3) is 0 Å². The van der Waals surface area contributed by atoms with Crippen molar-refractivity contribution in [3.8, 4) is 0 Å². The molecule has 0 bridgehead atoms. The maximum absolute atomic E-state index is 10.9. The molecule has 0 aromatic carbocycles. The van der Waals surface area contributed by atoms with Gasteiger partial charge in [0, 0.05) is 23.4 Å². The maximum atomic E-state index is 10.9. The van der Waals surface area contributed by atoms with Gasteiger partial charge in [-0.1, -0.05) is 0 Å². The van der Waals surface area contributed by atoms with E-state index in [1.807, 2.05) is 32.4 Å². The summed E-state index contributed by atoms with van der Waals surface area (Å²) in [7, 11) is 0. The summed E-state index contributed by atoms with van der Waals surface area (Å²) in [6.07, 6.45) is 0. The molecule has 0 saturated carbocycles. The number of hydrogen-bond donors (Lipinski definition) is 1. The van der Waals surface area contributed by atoms with Gasteiger partial charge in [0.05, 0.1) is 5.69 Å². The molecule has 1 aromatic heterocycles. The Balaban J connectivity index is 3.39. The molecule has 4 heteroatoms. The van der Waals surface area contributed by atoms with Gasteiger partial charge in [-0.05, 0) is 40.2 Å². The van der Waals surface area contributed by atoms with Crippen molar-refractivity contribution in [2.75, 3.05) is 0 Å². The van der Waals surface area contributed by atoms with Crippen LogP contribution in [0.3, 0.4) is 0 Å². The molecule has 1 heterocycles. The van der Waals surface area contributed by atoms with Crippen LogP contribution in [0.1, 0.15) is 37.7 Å². The number of carboxylic acid groups (broad SMARTS) is 1. The molecular weight excluding hydrogens is 204 g/mol. The first-order chi connectivity index (χ1) is 7.40. The molecule has 4 nitrogen and oxygen atoms in total. The van der Waals surface area contributed by atoms with E-state index in [0.717, 1.165) is 29.1 Å². The number of carboxylic acids is 1. The third kappa shape index (κ3) is 2.01. The van der Waals surface area contributed by atoms with Crippen molar-refractivity contribution in [2.24, 2.45) is 0 Å². The number of aryl methyl sites for hydroxylation is 2. The third-order valence-electron chi connectivity index (χ3n) is 2.94. The summed E-state index contributed by atoms with van der Waals surface area (Å²) in [6.45, 7) is 10.2. The Hall–Kier alpha value is -1.58. The Morgan fingerprint density at radius 2 is 1.94 bits per heavy atom. The van der Waals surface area contributed by atoms with Gasteiger partial charge in [0.2, 0.25) is 0 Å². The van der Waals surface area contributed by atoms with Gasteiger partial charge in [0.15, 0.2) is 0 Å². The lowest BCUT2D eigenvalue weighted by molar-refractivity contribution is -0.132. The van der Waals surface area contributed by atoms with Crippen LogP contribution in [0.2, 0.25) is 0 Å². The molecule has 0 spiro atoms. The van der Waals surface area contributed by atoms with Gasteiger partial charge in [-0.3, -0.25) is 4.68 Å². The zero-order chi connectivity index (χ0) is 12.5. The first-order valence-electron chi connectivity index (χ1n) is 5.35. The standard InChI is InChI=1S/C12H18N2O2/c1-6-14-10(5)11(9(4)13-14)7(2)8(3)12(15)16/h6H2,1-5H3,(H,15,16). The van der Waals surface area contributed by atoms with E-state index in [2.05, 4.69) is 5.10 Å². The molecular formula is C12H18N2O2. The predicted octanol–water partition coefficient (Wildman–Crippen LogP) is 2.40. The molecule has 1 N–H and O–H groups in total. The molecule has 0 aliphatic carbocycles. The molecule has 0 aliphatic rings. The second kappa shape index (κ2) is 4.51. The first kappa shape index (κ1) is 12.5. The molecule has 0 unspecified atom stereocenters. The monoisotopic (exact) mass is 222 g/mol. The Kier molecular flexibility index (Phi) is 3.52. The van der Waals surface area contributed by atoms with E-state index in [0.29, 0.717) is 5.57 Å². The SMILES string of the molecule is CCn1nc(C)c(C(C)=C(C)C(=O)O)c1C. The fraction of sp³-hybridized carbons (Fsp3) is 0.500. The Morgan fingerprint density at radius 1 is 1.38 bits per heavy atom. The van der Waals surface area contributed by atoms with E-state index in [9.17, 15) is 4.79 Å². The fourth-order valence-electron chi connectivity index (χ4n) is 1.90. The van der Waals surface area contributed by atoms with E-state index < -0.39 is 5.97 Å². The van der Waals surface area contributed by atoms with Gasteiger partial charge < -0.3 is 5.11 Å². The topological polar surface area (TPSA) is 55.1 Å². The molecule has 0 radical (unpaired) electrons. The third-order valence-corrected chi connectivity index (χ3v) is 2.94. The summed E-state index contributed by atoms with van der Waals surface area (Å²) in [6, 6.07) is 0. The van der Waals surface area contributed by atoms with Crippen LogP contribution in [0, 0.1) is 13.8 Å². The minimum Gasteiger partial charge on any atom is -0.478 e. The van der Waals surface area contributed by atoms with Gasteiger partial charge in [-0.15, -0.1) is 0 Å². The Bertz CT molecular complexity index is 456. The van der Waals surface area contributed by atoms with Crippen molar-refractivity contribution in [1.82, 2.24) is 9.78 Å². The van der Waals surface area contributed by atoms with Crippen LogP contribution in [0.15, 0.2) is 5.57 Å². The number of aliphatic carboxylic acids is 1. The smallest absolute Gasteiger partial charge is 0.331 e. The van der Waals surface area contributed by atoms with Crippen molar-refractivity contribution >= 4 is 11.5 Å². The summed E-state index contributed by atoms with van der Waals surface area (Å²) >= 11 is 0. The highest BCUT2D eigenvalue weighted by Crippen LogP contribution is 2.25. The second-order valence-electron chi connectivity index (χ2n) is 3.92. The van der Waals surface area contributed by atoms with Crippen LogP contribution in [-0.4, -0.2) is 20.9 Å². The van der Waals surface area contributed by atoms with Crippen LogP contribution in [0.4, 0.5) is 0 Å². The number of nitrogens with zero attached hydrogens (tertiary/aromatic N) is 2. The average molecular weight is 222 g/mol. The number of carbonyl (C=O) groups is 1. The quantitative estimate of drug-likeness (QED) is 0.799. The summed E-state index contributed by atoms with van der Waals surface area (Å²) in [4.78, 5) is 10.9. The van der Waals surface area contributed by atoms with Gasteiger partial charge >= 0.3 is 5.97 Å². The summed E-state index contributed by atoms with van der Waals surface area (Å²) in [5.41, 5.74) is 4.04. The maximum Gasteiger partial charge on any atom is 0.331 e. The van der Waals surface area contributed by atoms with E-state index in [-0.39, 0.29) is 0 Å². The highest BCUT2D eigenvalue weighted by Gasteiger charge is 2.16. The second-order valence-corrected chi connectivity index (χ2v) is 3.92. The van der Waals surface area contributed by atoms with Crippen molar-refractivity contribution in [3.63, 3.8) is 0 Å². The van der Waals surface area contributed by atoms with Gasteiger partial charge in [0.1, 0.15) is 0 Å². The lowest BCUT2D eigenvalue weighted by atomic mass is 10.0. The molecule has 0 fully saturated rings. The van der Waals surface area contributed by atoms with Gasteiger partial charge in [-0.25, -0.2) is 4.79 Å². The fourth-order valence-corrected chi connectivity index (χ4v) is 1.90. The van der Waals surface area contributed by atoms with E-state index >= 15 is 0 Å². The number of hydrogen-bond acceptors (Lipinski definition) is 2. The average Bonchev–Trinajstić information content (AvgIpc) is 2.51. The minimum absolute atomic E-state index is 0.377.